The molecular weight excluding hydrogens is 603 g/mol. The second-order valence-corrected chi connectivity index (χ2v) is 12.5. The van der Waals surface area contributed by atoms with E-state index in [1.807, 2.05) is 44.2 Å². The second kappa shape index (κ2) is 14.1. The third-order valence-electron chi connectivity index (χ3n) is 7.47. The van der Waals surface area contributed by atoms with Crippen molar-refractivity contribution in [2.75, 3.05) is 25.6 Å². The number of aliphatic hydroxyl groups excluding tert-OH is 1. The van der Waals surface area contributed by atoms with Crippen molar-refractivity contribution in [1.29, 1.82) is 0 Å². The molecule has 0 amide bonds. The highest BCUT2D eigenvalue weighted by molar-refractivity contribution is 7.52. The van der Waals surface area contributed by atoms with Crippen LogP contribution in [-0.4, -0.2) is 68.7 Å². The van der Waals surface area contributed by atoms with Crippen molar-refractivity contribution in [3.63, 3.8) is 0 Å². The molecule has 1 fully saturated rings. The number of rotatable bonds is 14. The maximum Gasteiger partial charge on any atom is 0.459 e. The Hall–Kier alpha value is -3.81. The predicted octanol–water partition coefficient (Wildman–Crippen LogP) is 4.38. The summed E-state index contributed by atoms with van der Waals surface area (Å²) in [5.74, 6) is -0.522. The summed E-state index contributed by atoms with van der Waals surface area (Å²) in [5, 5.41) is 15.4. The molecule has 2 aromatic heterocycles. The zero-order valence-corrected chi connectivity index (χ0v) is 26.6. The summed E-state index contributed by atoms with van der Waals surface area (Å²) in [6.07, 6.45) is 0.396. The molecule has 1 aliphatic rings. The number of carbonyl (C=O) groups excluding carboxylic acids is 1. The Labute approximate surface area is 260 Å². The lowest BCUT2D eigenvalue weighted by atomic mass is 10.0. The molecule has 2 aromatic carbocycles. The number of imidazole rings is 1. The SMILES string of the molecule is CCCCOC(=O)[C@H](C)NP(=O)(OCC1O[C@@H](n2cnc3c(OCC)nc(N)nc32)[C@@H](C)[C@@H]1O)Oc1cccc2ccccc12. The van der Waals surface area contributed by atoms with Gasteiger partial charge < -0.3 is 29.6 Å². The second-order valence-electron chi connectivity index (χ2n) is 10.8. The van der Waals surface area contributed by atoms with Gasteiger partial charge in [-0.3, -0.25) is 13.9 Å². The van der Waals surface area contributed by atoms with Gasteiger partial charge in [-0.05, 0) is 31.7 Å². The van der Waals surface area contributed by atoms with Gasteiger partial charge in [0, 0.05) is 11.3 Å². The van der Waals surface area contributed by atoms with E-state index in [0.29, 0.717) is 35.3 Å². The fourth-order valence-corrected chi connectivity index (χ4v) is 6.60. The first kappa shape index (κ1) is 32.6. The Morgan fingerprint density at radius 1 is 1.20 bits per heavy atom. The van der Waals surface area contributed by atoms with E-state index in [0.717, 1.165) is 11.8 Å². The average Bonchev–Trinajstić information content (AvgIpc) is 3.56. The summed E-state index contributed by atoms with van der Waals surface area (Å²) < 4.78 is 44.9. The number of nitrogen functional groups attached to an aromatic ring is 1. The average molecular weight is 643 g/mol. The van der Waals surface area contributed by atoms with Crippen LogP contribution in [0.1, 0.15) is 46.8 Å². The van der Waals surface area contributed by atoms with Gasteiger partial charge in [0.15, 0.2) is 11.2 Å². The Morgan fingerprint density at radius 3 is 2.76 bits per heavy atom. The molecule has 1 saturated heterocycles. The lowest BCUT2D eigenvalue weighted by Gasteiger charge is -2.25. The maximum absolute atomic E-state index is 14.3. The third kappa shape index (κ3) is 7.21. The Bertz CT molecular complexity index is 1680. The number of nitrogens with one attached hydrogen (secondary N) is 1. The molecule has 0 saturated carbocycles. The number of carbonyl (C=O) groups is 1. The van der Waals surface area contributed by atoms with Crippen LogP contribution in [0.15, 0.2) is 48.8 Å². The number of ether oxygens (including phenoxy) is 3. The van der Waals surface area contributed by atoms with Crippen LogP contribution in [0, 0.1) is 5.92 Å². The molecule has 4 aromatic rings. The smallest absolute Gasteiger partial charge is 0.459 e. The van der Waals surface area contributed by atoms with Gasteiger partial charge >= 0.3 is 13.7 Å². The van der Waals surface area contributed by atoms with Crippen molar-refractivity contribution in [3.8, 4) is 11.6 Å². The van der Waals surface area contributed by atoms with Gasteiger partial charge in [-0.2, -0.15) is 15.1 Å². The number of nitrogens with two attached hydrogens (primary N) is 1. The van der Waals surface area contributed by atoms with E-state index >= 15 is 0 Å². The summed E-state index contributed by atoms with van der Waals surface area (Å²) in [6, 6.07) is 11.8. The van der Waals surface area contributed by atoms with Crippen molar-refractivity contribution in [1.82, 2.24) is 24.6 Å². The highest BCUT2D eigenvalue weighted by Crippen LogP contribution is 2.48. The van der Waals surface area contributed by atoms with Crippen molar-refractivity contribution in [2.45, 2.75) is 65.0 Å². The van der Waals surface area contributed by atoms with Crippen molar-refractivity contribution in [2.24, 2.45) is 5.92 Å². The molecule has 2 unspecified atom stereocenters. The third-order valence-corrected chi connectivity index (χ3v) is 9.10. The summed E-state index contributed by atoms with van der Waals surface area (Å²) >= 11 is 0. The van der Waals surface area contributed by atoms with E-state index in [1.54, 1.807) is 23.6 Å². The number of benzene rings is 2. The van der Waals surface area contributed by atoms with Crippen LogP contribution in [0.2, 0.25) is 0 Å². The van der Waals surface area contributed by atoms with Crippen LogP contribution in [0.4, 0.5) is 5.95 Å². The summed E-state index contributed by atoms with van der Waals surface area (Å²) in [5.41, 5.74) is 6.69. The fraction of sp³-hybridized carbons (Fsp3) is 0.467. The molecular formula is C30H39N6O8P. The molecule has 0 spiro atoms. The number of fused-ring (bicyclic) bond motifs is 2. The highest BCUT2D eigenvalue weighted by Gasteiger charge is 2.44. The summed E-state index contributed by atoms with van der Waals surface area (Å²) in [7, 11) is -4.25. The molecule has 15 heteroatoms. The number of esters is 1. The van der Waals surface area contributed by atoms with Gasteiger partial charge in [0.05, 0.1) is 32.3 Å². The number of aromatic nitrogens is 4. The van der Waals surface area contributed by atoms with Crippen molar-refractivity contribution in [3.05, 3.63) is 48.8 Å². The van der Waals surface area contributed by atoms with Gasteiger partial charge in [-0.25, -0.2) is 9.55 Å². The zero-order valence-electron chi connectivity index (χ0n) is 25.7. The topological polar surface area (TPSA) is 182 Å². The standard InChI is InChI=1S/C30H39N6O8P/c1-5-7-15-41-29(38)19(4)35-45(39,44-22-14-10-12-20-11-8-9-13-21(20)22)42-16-23-25(37)18(3)28(43-23)36-17-32-24-26(36)33-30(31)34-27(24)40-6-2/h8-14,17-19,23,25,28,37H,5-7,15-16H2,1-4H3,(H,35,39)(H2,31,33,34)/t18-,19-,23?,25-,28+,45?/m0/s1. The molecule has 0 bridgehead atoms. The minimum absolute atomic E-state index is 0.00119. The van der Waals surface area contributed by atoms with Crippen LogP contribution in [-0.2, 0) is 23.4 Å². The molecule has 4 N–H and O–H groups in total. The number of aliphatic hydroxyl groups is 1. The molecule has 6 atom stereocenters. The van der Waals surface area contributed by atoms with Gasteiger partial charge in [0.1, 0.15) is 24.1 Å². The quantitative estimate of drug-likeness (QED) is 0.100. The number of anilines is 1. The van der Waals surface area contributed by atoms with Crippen LogP contribution in [0.25, 0.3) is 21.9 Å². The molecule has 45 heavy (non-hydrogen) atoms. The number of nitrogens with zero attached hydrogens (tertiary/aromatic N) is 4. The fourth-order valence-electron chi connectivity index (χ4n) is 5.08. The van der Waals surface area contributed by atoms with Crippen molar-refractivity contribution >= 4 is 41.6 Å². The van der Waals surface area contributed by atoms with Gasteiger partial charge in [0.25, 0.3) is 0 Å². The molecule has 5 rings (SSSR count). The van der Waals surface area contributed by atoms with E-state index in [4.69, 9.17) is 29.0 Å². The highest BCUT2D eigenvalue weighted by atomic mass is 31.2. The minimum Gasteiger partial charge on any atom is -0.476 e. The van der Waals surface area contributed by atoms with E-state index in [1.165, 1.54) is 13.3 Å². The predicted molar refractivity (Wildman–Crippen MR) is 167 cm³/mol. The van der Waals surface area contributed by atoms with Gasteiger partial charge in [-0.1, -0.05) is 56.7 Å². The first-order valence-electron chi connectivity index (χ1n) is 15.0. The van der Waals surface area contributed by atoms with Crippen LogP contribution >= 0.6 is 7.75 Å². The lowest BCUT2D eigenvalue weighted by molar-refractivity contribution is -0.145. The van der Waals surface area contributed by atoms with E-state index in [-0.39, 0.29) is 25.0 Å². The lowest BCUT2D eigenvalue weighted by Crippen LogP contribution is -2.36. The molecule has 0 radical (unpaired) electrons. The van der Waals surface area contributed by atoms with Gasteiger partial charge in [0.2, 0.25) is 11.8 Å². The first-order valence-corrected chi connectivity index (χ1v) is 16.5. The van der Waals surface area contributed by atoms with Crippen molar-refractivity contribution < 1.29 is 37.7 Å². The minimum atomic E-state index is -4.25. The summed E-state index contributed by atoms with van der Waals surface area (Å²) in [6.45, 7) is 7.39. The Kier molecular flexibility index (Phi) is 10.2. The summed E-state index contributed by atoms with van der Waals surface area (Å²) in [4.78, 5) is 25.5. The molecule has 1 aliphatic heterocycles. The van der Waals surface area contributed by atoms with Crippen LogP contribution < -0.4 is 20.1 Å². The van der Waals surface area contributed by atoms with Crippen LogP contribution in [0.5, 0.6) is 11.6 Å². The molecule has 0 aliphatic carbocycles. The van der Waals surface area contributed by atoms with Gasteiger partial charge in [-0.15, -0.1) is 0 Å². The molecule has 242 valence electrons. The molecule has 14 nitrogen and oxygen atoms in total. The largest absolute Gasteiger partial charge is 0.476 e. The Morgan fingerprint density at radius 2 is 1.98 bits per heavy atom. The van der Waals surface area contributed by atoms with E-state index < -0.39 is 44.1 Å². The van der Waals surface area contributed by atoms with E-state index in [2.05, 4.69) is 20.0 Å². The number of unbranched alkanes of at least 4 members (excludes halogenated alkanes) is 1. The maximum atomic E-state index is 14.3. The first-order chi connectivity index (χ1) is 21.6. The van der Waals surface area contributed by atoms with E-state index in [9.17, 15) is 14.5 Å². The van der Waals surface area contributed by atoms with Crippen LogP contribution in [0.3, 0.4) is 0 Å². The zero-order chi connectivity index (χ0) is 32.1. The molecule has 3 heterocycles. The number of hydrogen-bond donors (Lipinski definition) is 3. The normalized spacial score (nSPS) is 21.9. The monoisotopic (exact) mass is 642 g/mol. The number of hydrogen-bond acceptors (Lipinski definition) is 12. The Balaban J connectivity index is 1.37.